The van der Waals surface area contributed by atoms with Gasteiger partial charge in [0.15, 0.2) is 0 Å². The second kappa shape index (κ2) is 5.50. The first-order valence-corrected chi connectivity index (χ1v) is 5.65. The topological polar surface area (TPSA) is 59.6 Å². The molecule has 0 saturated carbocycles. The summed E-state index contributed by atoms with van der Waals surface area (Å²) in [6, 6.07) is 0.0288. The summed E-state index contributed by atoms with van der Waals surface area (Å²) >= 11 is 0. The lowest BCUT2D eigenvalue weighted by molar-refractivity contribution is 0.0263. The number of nitrogens with one attached hydrogen (secondary N) is 2. The van der Waals surface area contributed by atoms with Crippen LogP contribution in [0.5, 0.6) is 0 Å². The lowest BCUT2D eigenvalue weighted by atomic mass is 10.0. The van der Waals surface area contributed by atoms with Crippen molar-refractivity contribution in [3.8, 4) is 0 Å². The van der Waals surface area contributed by atoms with Crippen molar-refractivity contribution >= 4 is 6.09 Å². The summed E-state index contributed by atoms with van der Waals surface area (Å²) in [6.45, 7) is 7.20. The van der Waals surface area contributed by atoms with Gasteiger partial charge in [-0.05, 0) is 33.7 Å². The van der Waals surface area contributed by atoms with E-state index < -0.39 is 5.60 Å². The molecule has 0 aromatic rings. The van der Waals surface area contributed by atoms with Crippen molar-refractivity contribution in [3.63, 3.8) is 0 Å². The van der Waals surface area contributed by atoms with Gasteiger partial charge in [-0.3, -0.25) is 0 Å². The number of methoxy groups -OCH3 is 1. The highest BCUT2D eigenvalue weighted by Gasteiger charge is 2.27. The highest BCUT2D eigenvalue weighted by Crippen LogP contribution is 2.10. The molecular weight excluding hydrogens is 208 g/mol. The predicted octanol–water partition coefficient (Wildman–Crippen LogP) is 0.888. The van der Waals surface area contributed by atoms with E-state index in [2.05, 4.69) is 10.6 Å². The first-order chi connectivity index (χ1) is 7.42. The monoisotopic (exact) mass is 230 g/mol. The van der Waals surface area contributed by atoms with E-state index >= 15 is 0 Å². The zero-order chi connectivity index (χ0) is 12.2. The van der Waals surface area contributed by atoms with Crippen molar-refractivity contribution in [2.24, 2.45) is 0 Å². The van der Waals surface area contributed by atoms with E-state index in [1.54, 1.807) is 7.11 Å². The molecule has 1 saturated heterocycles. The van der Waals surface area contributed by atoms with E-state index in [1.807, 2.05) is 20.8 Å². The van der Waals surface area contributed by atoms with E-state index in [9.17, 15) is 4.79 Å². The Balaban J connectivity index is 2.42. The van der Waals surface area contributed by atoms with Crippen molar-refractivity contribution < 1.29 is 14.3 Å². The molecule has 5 nitrogen and oxygen atoms in total. The first kappa shape index (κ1) is 13.3. The molecule has 1 fully saturated rings. The molecule has 0 bridgehead atoms. The number of rotatable bonds is 2. The second-order valence-electron chi connectivity index (χ2n) is 5.02. The van der Waals surface area contributed by atoms with Crippen LogP contribution in [0.25, 0.3) is 0 Å². The molecule has 5 heteroatoms. The van der Waals surface area contributed by atoms with E-state index in [0.717, 1.165) is 19.5 Å². The number of piperidine rings is 1. The minimum Gasteiger partial charge on any atom is -0.444 e. The van der Waals surface area contributed by atoms with Gasteiger partial charge in [-0.2, -0.15) is 0 Å². The van der Waals surface area contributed by atoms with Crippen molar-refractivity contribution in [1.29, 1.82) is 0 Å². The summed E-state index contributed by atoms with van der Waals surface area (Å²) in [7, 11) is 1.65. The summed E-state index contributed by atoms with van der Waals surface area (Å²) in [5.41, 5.74) is -0.459. The van der Waals surface area contributed by atoms with Crippen LogP contribution in [0.4, 0.5) is 4.79 Å². The molecule has 16 heavy (non-hydrogen) atoms. The van der Waals surface area contributed by atoms with E-state index in [4.69, 9.17) is 9.47 Å². The Morgan fingerprint density at radius 3 is 2.69 bits per heavy atom. The third kappa shape index (κ3) is 4.37. The molecule has 0 aromatic carbocycles. The van der Waals surface area contributed by atoms with Gasteiger partial charge in [0.25, 0.3) is 0 Å². The minimum atomic E-state index is -0.459. The van der Waals surface area contributed by atoms with Crippen LogP contribution in [0, 0.1) is 0 Å². The zero-order valence-electron chi connectivity index (χ0n) is 10.5. The number of ether oxygens (including phenoxy) is 2. The Labute approximate surface area is 96.9 Å². The van der Waals surface area contributed by atoms with Crippen LogP contribution in [0.2, 0.25) is 0 Å². The number of hydrogen-bond acceptors (Lipinski definition) is 4. The Morgan fingerprint density at radius 1 is 1.44 bits per heavy atom. The predicted molar refractivity (Wildman–Crippen MR) is 61.4 cm³/mol. The van der Waals surface area contributed by atoms with Gasteiger partial charge in [0.2, 0.25) is 0 Å². The Morgan fingerprint density at radius 2 is 2.12 bits per heavy atom. The Bertz CT molecular complexity index is 238. The molecule has 2 N–H and O–H groups in total. The van der Waals surface area contributed by atoms with Crippen molar-refractivity contribution in [3.05, 3.63) is 0 Å². The maximum absolute atomic E-state index is 11.6. The van der Waals surface area contributed by atoms with E-state index in [1.165, 1.54) is 0 Å². The maximum Gasteiger partial charge on any atom is 0.407 e. The number of alkyl carbamates (subject to hydrolysis) is 1. The highest BCUT2D eigenvalue weighted by atomic mass is 16.6. The lowest BCUT2D eigenvalue weighted by Crippen LogP contribution is -2.54. The molecule has 0 spiro atoms. The summed E-state index contributed by atoms with van der Waals surface area (Å²) in [4.78, 5) is 11.6. The molecule has 0 aromatic heterocycles. The quantitative estimate of drug-likeness (QED) is 0.739. The van der Waals surface area contributed by atoms with E-state index in [0.29, 0.717) is 0 Å². The second-order valence-corrected chi connectivity index (χ2v) is 5.02. The summed E-state index contributed by atoms with van der Waals surface area (Å²) in [5, 5.41) is 6.07. The van der Waals surface area contributed by atoms with Gasteiger partial charge in [-0.1, -0.05) is 0 Å². The van der Waals surface area contributed by atoms with Gasteiger partial charge in [0, 0.05) is 13.7 Å². The molecule has 1 aliphatic rings. The van der Waals surface area contributed by atoms with Crippen LogP contribution in [-0.2, 0) is 9.47 Å². The molecule has 1 amide bonds. The summed E-state index contributed by atoms with van der Waals surface area (Å²) in [6.07, 6.45) is 0.500. The molecule has 94 valence electrons. The number of carbonyl (C=O) groups excluding carboxylic acids is 1. The fourth-order valence-electron chi connectivity index (χ4n) is 1.70. The minimum absolute atomic E-state index is 0.0151. The average Bonchev–Trinajstić information content (AvgIpc) is 2.15. The van der Waals surface area contributed by atoms with Crippen LogP contribution < -0.4 is 10.6 Å². The van der Waals surface area contributed by atoms with Crippen LogP contribution in [-0.4, -0.2) is 44.0 Å². The maximum atomic E-state index is 11.6. The molecule has 1 rings (SSSR count). The molecular formula is C11H22N2O3. The lowest BCUT2D eigenvalue weighted by Gasteiger charge is -2.32. The van der Waals surface area contributed by atoms with Crippen molar-refractivity contribution in [2.75, 3.05) is 20.2 Å². The summed E-state index contributed by atoms with van der Waals surface area (Å²) < 4.78 is 10.5. The molecule has 1 unspecified atom stereocenters. The normalized spacial score (nSPS) is 26.2. The van der Waals surface area contributed by atoms with Gasteiger partial charge in [0.05, 0.1) is 12.1 Å². The van der Waals surface area contributed by atoms with Gasteiger partial charge in [-0.25, -0.2) is 4.79 Å². The van der Waals surface area contributed by atoms with Crippen LogP contribution in [0.15, 0.2) is 0 Å². The van der Waals surface area contributed by atoms with E-state index in [-0.39, 0.29) is 18.2 Å². The average molecular weight is 230 g/mol. The number of carbonyl (C=O) groups is 1. The third-order valence-corrected chi connectivity index (χ3v) is 2.43. The Kier molecular flexibility index (Phi) is 4.56. The fourth-order valence-corrected chi connectivity index (χ4v) is 1.70. The van der Waals surface area contributed by atoms with Crippen molar-refractivity contribution in [1.82, 2.24) is 10.6 Å². The molecule has 1 heterocycles. The standard InChI is InChI=1S/C11H22N2O3/c1-11(2,3)16-10(14)13-8-5-6-12-7-9(8)15-4/h8-9,12H,5-7H2,1-4H3,(H,13,14)/t8?,9-/m1/s1. The molecule has 0 aliphatic carbocycles. The fraction of sp³-hybridized carbons (Fsp3) is 0.909. The van der Waals surface area contributed by atoms with Crippen LogP contribution >= 0.6 is 0 Å². The number of hydrogen-bond donors (Lipinski definition) is 2. The highest BCUT2D eigenvalue weighted by molar-refractivity contribution is 5.68. The first-order valence-electron chi connectivity index (χ1n) is 5.65. The molecule has 2 atom stereocenters. The zero-order valence-corrected chi connectivity index (χ0v) is 10.5. The largest absolute Gasteiger partial charge is 0.444 e. The molecule has 0 radical (unpaired) electrons. The third-order valence-electron chi connectivity index (χ3n) is 2.43. The van der Waals surface area contributed by atoms with Gasteiger partial charge in [-0.15, -0.1) is 0 Å². The van der Waals surface area contributed by atoms with Crippen molar-refractivity contribution in [2.45, 2.75) is 44.9 Å². The number of amides is 1. The smallest absolute Gasteiger partial charge is 0.407 e. The van der Waals surface area contributed by atoms with Gasteiger partial charge >= 0.3 is 6.09 Å². The molecule has 1 aliphatic heterocycles. The summed E-state index contributed by atoms with van der Waals surface area (Å²) in [5.74, 6) is 0. The van der Waals surface area contributed by atoms with Gasteiger partial charge < -0.3 is 20.1 Å². The van der Waals surface area contributed by atoms with Crippen LogP contribution in [0.1, 0.15) is 27.2 Å². The van der Waals surface area contributed by atoms with Gasteiger partial charge in [0.1, 0.15) is 5.60 Å². The van der Waals surface area contributed by atoms with Crippen LogP contribution in [0.3, 0.4) is 0 Å². The Hall–Kier alpha value is -0.810. The SMILES string of the molecule is CO[C@@H]1CNCCC1NC(=O)OC(C)(C)C.